The fourth-order valence-corrected chi connectivity index (χ4v) is 0.915. The second-order valence-corrected chi connectivity index (χ2v) is 2.48. The Bertz CT molecular complexity index is 428. The van der Waals surface area contributed by atoms with Gasteiger partial charge in [0.25, 0.3) is 0 Å². The summed E-state index contributed by atoms with van der Waals surface area (Å²) in [6.45, 7) is 0. The SMILES string of the molecule is N#CC(C#N)=Cc1cc(F)cc(F)c1. The maximum Gasteiger partial charge on any atom is 0.130 e. The van der Waals surface area contributed by atoms with Gasteiger partial charge in [0.2, 0.25) is 0 Å². The smallest absolute Gasteiger partial charge is 0.130 e. The minimum absolute atomic E-state index is 0.153. The molecule has 0 aliphatic carbocycles. The van der Waals surface area contributed by atoms with Crippen LogP contribution in [-0.4, -0.2) is 0 Å². The molecule has 0 N–H and O–H groups in total. The van der Waals surface area contributed by atoms with Gasteiger partial charge in [0.05, 0.1) is 0 Å². The van der Waals surface area contributed by atoms with Gasteiger partial charge in [-0.3, -0.25) is 0 Å². The number of nitrogens with zero attached hydrogens (tertiary/aromatic N) is 2. The lowest BCUT2D eigenvalue weighted by Crippen LogP contribution is -1.83. The van der Waals surface area contributed by atoms with Crippen LogP contribution in [0.25, 0.3) is 6.08 Å². The number of nitriles is 2. The van der Waals surface area contributed by atoms with Crippen molar-refractivity contribution in [3.05, 3.63) is 41.0 Å². The number of allylic oxidation sites excluding steroid dienone is 1. The van der Waals surface area contributed by atoms with Gasteiger partial charge in [0, 0.05) is 6.07 Å². The van der Waals surface area contributed by atoms with Crippen LogP contribution in [0.4, 0.5) is 8.78 Å². The lowest BCUT2D eigenvalue weighted by atomic mass is 10.1. The van der Waals surface area contributed by atoms with Gasteiger partial charge in [-0.25, -0.2) is 8.78 Å². The van der Waals surface area contributed by atoms with E-state index in [1.165, 1.54) is 0 Å². The third-order valence-corrected chi connectivity index (χ3v) is 1.44. The Labute approximate surface area is 79.3 Å². The highest BCUT2D eigenvalue weighted by molar-refractivity contribution is 5.61. The van der Waals surface area contributed by atoms with Crippen molar-refractivity contribution in [3.8, 4) is 12.1 Å². The Hall–Kier alpha value is -2.20. The van der Waals surface area contributed by atoms with E-state index in [0.717, 1.165) is 24.3 Å². The molecule has 0 aromatic heterocycles. The molecule has 0 aliphatic heterocycles. The predicted octanol–water partition coefficient (Wildman–Crippen LogP) is 2.40. The van der Waals surface area contributed by atoms with Gasteiger partial charge in [-0.2, -0.15) is 10.5 Å². The van der Waals surface area contributed by atoms with Gasteiger partial charge in [-0.1, -0.05) is 0 Å². The van der Waals surface area contributed by atoms with Crippen LogP contribution in [-0.2, 0) is 0 Å². The van der Waals surface area contributed by atoms with E-state index >= 15 is 0 Å². The molecule has 0 saturated carbocycles. The van der Waals surface area contributed by atoms with Crippen molar-refractivity contribution in [1.29, 1.82) is 10.5 Å². The highest BCUT2D eigenvalue weighted by atomic mass is 19.1. The molecule has 0 saturated heterocycles. The zero-order chi connectivity index (χ0) is 10.6. The summed E-state index contributed by atoms with van der Waals surface area (Å²) < 4.78 is 25.3. The van der Waals surface area contributed by atoms with E-state index in [-0.39, 0.29) is 11.1 Å². The summed E-state index contributed by atoms with van der Waals surface area (Å²) in [5.74, 6) is -1.49. The summed E-state index contributed by atoms with van der Waals surface area (Å²) in [6, 6.07) is 5.99. The van der Waals surface area contributed by atoms with Gasteiger partial charge < -0.3 is 0 Å². The zero-order valence-electron chi connectivity index (χ0n) is 6.96. The highest BCUT2D eigenvalue weighted by Gasteiger charge is 1.99. The second kappa shape index (κ2) is 4.15. The van der Waals surface area contributed by atoms with Gasteiger partial charge >= 0.3 is 0 Å². The number of benzene rings is 1. The molecule has 0 radical (unpaired) electrons. The maximum absolute atomic E-state index is 12.7. The Morgan fingerprint density at radius 1 is 1.07 bits per heavy atom. The Balaban J connectivity index is 3.17. The van der Waals surface area contributed by atoms with Crippen molar-refractivity contribution < 1.29 is 8.78 Å². The molecule has 1 rings (SSSR count). The first kappa shape index (κ1) is 9.88. The van der Waals surface area contributed by atoms with Gasteiger partial charge in [-0.15, -0.1) is 0 Å². The maximum atomic E-state index is 12.7. The molecule has 68 valence electrons. The molecule has 2 nitrogen and oxygen atoms in total. The minimum Gasteiger partial charge on any atom is -0.207 e. The fourth-order valence-electron chi connectivity index (χ4n) is 0.915. The summed E-state index contributed by atoms with van der Waals surface area (Å²) in [4.78, 5) is 0. The molecule has 0 bridgehead atoms. The van der Waals surface area contributed by atoms with Crippen LogP contribution in [0.15, 0.2) is 23.8 Å². The summed E-state index contributed by atoms with van der Waals surface area (Å²) >= 11 is 0. The minimum atomic E-state index is -0.744. The molecule has 14 heavy (non-hydrogen) atoms. The molecule has 1 aromatic rings. The summed E-state index contributed by atoms with van der Waals surface area (Å²) in [5, 5.41) is 16.8. The second-order valence-electron chi connectivity index (χ2n) is 2.48. The van der Waals surface area contributed by atoms with Crippen molar-refractivity contribution in [2.24, 2.45) is 0 Å². The van der Waals surface area contributed by atoms with Gasteiger partial charge in [0.1, 0.15) is 29.3 Å². The van der Waals surface area contributed by atoms with Crippen LogP contribution < -0.4 is 0 Å². The average molecular weight is 190 g/mol. The van der Waals surface area contributed by atoms with E-state index in [4.69, 9.17) is 10.5 Å². The molecule has 0 aliphatic rings. The van der Waals surface area contributed by atoms with E-state index in [1.54, 1.807) is 12.1 Å². The standard InChI is InChI=1S/C10H4F2N2/c11-9-2-7(3-10(12)4-9)1-8(5-13)6-14/h1-4H. The van der Waals surface area contributed by atoms with E-state index < -0.39 is 11.6 Å². The Morgan fingerprint density at radius 3 is 2.00 bits per heavy atom. The first-order chi connectivity index (χ1) is 6.65. The van der Waals surface area contributed by atoms with Crippen molar-refractivity contribution in [2.45, 2.75) is 0 Å². The molecule has 0 amide bonds. The largest absolute Gasteiger partial charge is 0.207 e. The number of halogens is 2. The van der Waals surface area contributed by atoms with E-state index in [9.17, 15) is 8.78 Å². The van der Waals surface area contributed by atoms with Crippen molar-refractivity contribution in [1.82, 2.24) is 0 Å². The normalized spacial score (nSPS) is 8.57. The van der Waals surface area contributed by atoms with Crippen LogP contribution in [0.2, 0.25) is 0 Å². The summed E-state index contributed by atoms with van der Waals surface area (Å²) in [7, 11) is 0. The fraction of sp³-hybridized carbons (Fsp3) is 0. The molecule has 4 heteroatoms. The first-order valence-electron chi connectivity index (χ1n) is 3.63. The molecule has 0 atom stereocenters. The molecular weight excluding hydrogens is 186 g/mol. The molecule has 0 heterocycles. The summed E-state index contributed by atoms with van der Waals surface area (Å²) in [6.07, 6.45) is 1.12. The average Bonchev–Trinajstić information content (AvgIpc) is 2.12. The third-order valence-electron chi connectivity index (χ3n) is 1.44. The van der Waals surface area contributed by atoms with Crippen LogP contribution in [0.1, 0.15) is 5.56 Å². The van der Waals surface area contributed by atoms with Crippen LogP contribution in [0.3, 0.4) is 0 Å². The molecule has 1 aromatic carbocycles. The number of hydrogen-bond acceptors (Lipinski definition) is 2. The lowest BCUT2D eigenvalue weighted by molar-refractivity contribution is 0.583. The van der Waals surface area contributed by atoms with Crippen molar-refractivity contribution >= 4 is 6.08 Å². The van der Waals surface area contributed by atoms with E-state index in [0.29, 0.717) is 0 Å². The van der Waals surface area contributed by atoms with Crippen molar-refractivity contribution in [2.75, 3.05) is 0 Å². The van der Waals surface area contributed by atoms with E-state index in [2.05, 4.69) is 0 Å². The van der Waals surface area contributed by atoms with Crippen LogP contribution >= 0.6 is 0 Å². The quantitative estimate of drug-likeness (QED) is 0.638. The molecule has 0 spiro atoms. The highest BCUT2D eigenvalue weighted by Crippen LogP contribution is 2.11. The number of rotatable bonds is 1. The van der Waals surface area contributed by atoms with Gasteiger partial charge in [-0.05, 0) is 23.8 Å². The van der Waals surface area contributed by atoms with E-state index in [1.807, 2.05) is 0 Å². The third kappa shape index (κ3) is 2.40. The first-order valence-corrected chi connectivity index (χ1v) is 3.63. The summed E-state index contributed by atoms with van der Waals surface area (Å²) in [5.41, 5.74) is -0.0457. The molecular formula is C10H4F2N2. The van der Waals surface area contributed by atoms with Crippen LogP contribution in [0, 0.1) is 34.3 Å². The Kier molecular flexibility index (Phi) is 2.93. The molecule has 0 fully saturated rings. The number of hydrogen-bond donors (Lipinski definition) is 0. The topological polar surface area (TPSA) is 47.6 Å². The van der Waals surface area contributed by atoms with Crippen molar-refractivity contribution in [3.63, 3.8) is 0 Å². The predicted molar refractivity (Wildman–Crippen MR) is 45.6 cm³/mol. The van der Waals surface area contributed by atoms with Crippen LogP contribution in [0.5, 0.6) is 0 Å². The zero-order valence-corrected chi connectivity index (χ0v) is 6.96. The lowest BCUT2D eigenvalue weighted by Gasteiger charge is -1.94. The monoisotopic (exact) mass is 190 g/mol. The molecule has 0 unspecified atom stereocenters. The Morgan fingerprint density at radius 2 is 1.57 bits per heavy atom. The van der Waals surface area contributed by atoms with Gasteiger partial charge in [0.15, 0.2) is 0 Å².